The van der Waals surface area contributed by atoms with E-state index in [9.17, 15) is 24.3 Å². The summed E-state index contributed by atoms with van der Waals surface area (Å²) in [4.78, 5) is 51.2. The van der Waals surface area contributed by atoms with Gasteiger partial charge in [-0.05, 0) is 62.3 Å². The molecule has 1 saturated heterocycles. The molecule has 1 aromatic carbocycles. The molecule has 2 amide bonds. The number of hydrogen-bond donors (Lipinski definition) is 2. The second-order valence-corrected chi connectivity index (χ2v) is 9.09. The molecule has 4 aliphatic rings. The number of benzene rings is 1. The van der Waals surface area contributed by atoms with Crippen LogP contribution in [-0.4, -0.2) is 28.5 Å². The maximum absolute atomic E-state index is 13.1. The van der Waals surface area contributed by atoms with Gasteiger partial charge in [-0.25, -0.2) is 0 Å². The number of hydrogen-bond acceptors (Lipinski definition) is 5. The molecule has 6 nitrogen and oxygen atoms in total. The largest absolute Gasteiger partial charge is 0.507 e. The third kappa shape index (κ3) is 2.70. The quantitative estimate of drug-likeness (QED) is 0.416. The summed E-state index contributed by atoms with van der Waals surface area (Å²) < 4.78 is 0. The van der Waals surface area contributed by atoms with Crippen molar-refractivity contribution < 1.29 is 24.3 Å². The number of rotatable bonds is 1. The monoisotopic (exact) mass is 417 g/mol. The minimum absolute atomic E-state index is 0.169. The number of ketones is 2. The fraction of sp³-hybridized carbons (Fsp3) is 0.360. The van der Waals surface area contributed by atoms with Crippen molar-refractivity contribution in [2.45, 2.75) is 39.5 Å². The van der Waals surface area contributed by atoms with E-state index in [4.69, 9.17) is 0 Å². The summed E-state index contributed by atoms with van der Waals surface area (Å²) in [6.45, 7) is 5.23. The van der Waals surface area contributed by atoms with Gasteiger partial charge in [0, 0.05) is 22.6 Å². The standard InChI is InChI=1S/C25H23NO5/c1-10-6-13(7-11(2)22(10)28)19-14-4-5-15-20(25(31)26-24(15)30)16(14)9-17-21(19)18(27)8-12(3)23(17)29/h4,6-8,15-16,19-20,28H,5,9H2,1-3H3,(H,26,30,31). The van der Waals surface area contributed by atoms with Crippen molar-refractivity contribution in [1.29, 1.82) is 0 Å². The van der Waals surface area contributed by atoms with E-state index in [0.717, 1.165) is 11.1 Å². The van der Waals surface area contributed by atoms with Crippen LogP contribution in [0.15, 0.2) is 46.6 Å². The van der Waals surface area contributed by atoms with Crippen molar-refractivity contribution in [2.75, 3.05) is 0 Å². The lowest BCUT2D eigenvalue weighted by Crippen LogP contribution is -2.39. The lowest BCUT2D eigenvalue weighted by molar-refractivity contribution is -0.126. The Kier molecular flexibility index (Phi) is 4.19. The molecule has 158 valence electrons. The minimum Gasteiger partial charge on any atom is -0.507 e. The maximum atomic E-state index is 13.1. The Morgan fingerprint density at radius 1 is 0.968 bits per heavy atom. The number of amides is 2. The van der Waals surface area contributed by atoms with Crippen molar-refractivity contribution in [3.8, 4) is 5.75 Å². The Hall–Kier alpha value is -3.28. The van der Waals surface area contributed by atoms with Crippen LogP contribution < -0.4 is 5.32 Å². The van der Waals surface area contributed by atoms with Crippen LogP contribution in [0.2, 0.25) is 0 Å². The SMILES string of the molecule is CC1=CC(=O)C2=C(CC3C(=CCC4C(=O)NC(=O)C43)C2c2cc(C)c(O)c(C)c2)C1=O. The summed E-state index contributed by atoms with van der Waals surface area (Å²) in [5, 5.41) is 12.7. The molecule has 31 heavy (non-hydrogen) atoms. The molecule has 5 rings (SSSR count). The number of Topliss-reactive ketones (excluding diaryl/α,β-unsaturated/α-hetero) is 1. The van der Waals surface area contributed by atoms with Gasteiger partial charge in [0.15, 0.2) is 11.6 Å². The third-order valence-corrected chi connectivity index (χ3v) is 7.25. The number of carbonyl (C=O) groups is 4. The lowest BCUT2D eigenvalue weighted by Gasteiger charge is -2.42. The molecular formula is C25H23NO5. The average Bonchev–Trinajstić information content (AvgIpc) is 3.02. The van der Waals surface area contributed by atoms with Crippen LogP contribution in [0.5, 0.6) is 5.75 Å². The first kappa shape index (κ1) is 19.7. The van der Waals surface area contributed by atoms with Crippen molar-refractivity contribution in [1.82, 2.24) is 5.32 Å². The van der Waals surface area contributed by atoms with Crippen LogP contribution in [0.3, 0.4) is 0 Å². The molecule has 1 aromatic rings. The van der Waals surface area contributed by atoms with E-state index in [-0.39, 0.29) is 41.5 Å². The summed E-state index contributed by atoms with van der Waals surface area (Å²) in [6.07, 6.45) is 4.09. The first-order valence-corrected chi connectivity index (χ1v) is 10.5. The van der Waals surface area contributed by atoms with E-state index in [1.807, 2.05) is 18.2 Å². The number of imide groups is 1. The predicted octanol–water partition coefficient (Wildman–Crippen LogP) is 2.73. The molecule has 0 spiro atoms. The normalized spacial score (nSPS) is 29.8. The number of nitrogens with one attached hydrogen (secondary N) is 1. The van der Waals surface area contributed by atoms with Crippen molar-refractivity contribution >= 4 is 23.4 Å². The van der Waals surface area contributed by atoms with E-state index in [0.29, 0.717) is 34.3 Å². The highest BCUT2D eigenvalue weighted by atomic mass is 16.3. The van der Waals surface area contributed by atoms with Gasteiger partial charge in [-0.3, -0.25) is 24.5 Å². The molecule has 0 radical (unpaired) electrons. The van der Waals surface area contributed by atoms with Crippen LogP contribution >= 0.6 is 0 Å². The predicted molar refractivity (Wildman–Crippen MR) is 112 cm³/mol. The molecule has 6 heteroatoms. The molecule has 0 aromatic heterocycles. The minimum atomic E-state index is -0.530. The smallest absolute Gasteiger partial charge is 0.231 e. The highest BCUT2D eigenvalue weighted by Crippen LogP contribution is 2.54. The fourth-order valence-electron chi connectivity index (χ4n) is 5.83. The Bertz CT molecular complexity index is 1180. The topological polar surface area (TPSA) is 101 Å². The van der Waals surface area contributed by atoms with E-state index in [1.165, 1.54) is 6.08 Å². The number of carbonyl (C=O) groups excluding carboxylic acids is 4. The highest BCUT2D eigenvalue weighted by molar-refractivity contribution is 6.23. The zero-order chi connectivity index (χ0) is 22.2. The summed E-state index contributed by atoms with van der Waals surface area (Å²) in [7, 11) is 0. The maximum Gasteiger partial charge on any atom is 0.231 e. The fourth-order valence-corrected chi connectivity index (χ4v) is 5.83. The van der Waals surface area contributed by atoms with Crippen LogP contribution in [0.1, 0.15) is 42.4 Å². The van der Waals surface area contributed by atoms with Gasteiger partial charge in [0.05, 0.1) is 11.8 Å². The van der Waals surface area contributed by atoms with E-state index >= 15 is 0 Å². The number of aryl methyl sites for hydroxylation is 2. The van der Waals surface area contributed by atoms with Gasteiger partial charge in [0.2, 0.25) is 11.8 Å². The third-order valence-electron chi connectivity index (χ3n) is 7.25. The summed E-state index contributed by atoms with van der Waals surface area (Å²) >= 11 is 0. The van der Waals surface area contributed by atoms with Gasteiger partial charge in [-0.2, -0.15) is 0 Å². The molecule has 4 atom stereocenters. The van der Waals surface area contributed by atoms with Gasteiger partial charge in [-0.1, -0.05) is 23.8 Å². The average molecular weight is 417 g/mol. The highest BCUT2D eigenvalue weighted by Gasteiger charge is 2.53. The Morgan fingerprint density at radius 3 is 2.32 bits per heavy atom. The Morgan fingerprint density at radius 2 is 1.65 bits per heavy atom. The number of allylic oxidation sites excluding steroid dienone is 6. The first-order chi connectivity index (χ1) is 14.7. The van der Waals surface area contributed by atoms with Crippen molar-refractivity contribution in [3.63, 3.8) is 0 Å². The summed E-state index contributed by atoms with van der Waals surface area (Å²) in [6, 6.07) is 3.69. The molecular weight excluding hydrogens is 394 g/mol. The molecule has 1 fully saturated rings. The van der Waals surface area contributed by atoms with E-state index in [2.05, 4.69) is 5.32 Å². The zero-order valence-electron chi connectivity index (χ0n) is 17.6. The van der Waals surface area contributed by atoms with Gasteiger partial charge < -0.3 is 5.11 Å². The van der Waals surface area contributed by atoms with Gasteiger partial charge >= 0.3 is 0 Å². The van der Waals surface area contributed by atoms with Gasteiger partial charge in [0.1, 0.15) is 5.75 Å². The van der Waals surface area contributed by atoms with Crippen LogP contribution in [-0.2, 0) is 19.2 Å². The van der Waals surface area contributed by atoms with Crippen LogP contribution in [0.4, 0.5) is 0 Å². The summed E-state index contributed by atoms with van der Waals surface area (Å²) in [5.41, 5.74) is 4.41. The Balaban J connectivity index is 1.74. The lowest BCUT2D eigenvalue weighted by atomic mass is 9.59. The molecule has 2 N–H and O–H groups in total. The number of fused-ring (bicyclic) bond motifs is 3. The van der Waals surface area contributed by atoms with Crippen molar-refractivity contribution in [2.24, 2.45) is 17.8 Å². The van der Waals surface area contributed by atoms with Gasteiger partial charge in [0.25, 0.3) is 0 Å². The molecule has 1 heterocycles. The molecule has 3 aliphatic carbocycles. The Labute approximate surface area is 179 Å². The van der Waals surface area contributed by atoms with Crippen LogP contribution in [0, 0.1) is 31.6 Å². The number of phenolic OH excluding ortho intramolecular Hbond substituents is 1. The zero-order valence-corrected chi connectivity index (χ0v) is 17.6. The van der Waals surface area contributed by atoms with E-state index < -0.39 is 17.8 Å². The second-order valence-electron chi connectivity index (χ2n) is 9.09. The van der Waals surface area contributed by atoms with Crippen LogP contribution in [0.25, 0.3) is 0 Å². The van der Waals surface area contributed by atoms with Gasteiger partial charge in [-0.15, -0.1) is 0 Å². The van der Waals surface area contributed by atoms with E-state index in [1.54, 1.807) is 20.8 Å². The molecule has 4 unspecified atom stereocenters. The van der Waals surface area contributed by atoms with Crippen molar-refractivity contribution in [3.05, 3.63) is 63.3 Å². The number of aromatic hydroxyl groups is 1. The summed E-state index contributed by atoms with van der Waals surface area (Å²) in [5.74, 6) is -2.47. The molecule has 1 aliphatic heterocycles. The first-order valence-electron chi connectivity index (χ1n) is 10.5. The molecule has 0 saturated carbocycles. The molecule has 0 bridgehead atoms. The number of phenols is 1. The second kappa shape index (κ2) is 6.61.